The van der Waals surface area contributed by atoms with Crippen molar-refractivity contribution in [1.82, 2.24) is 15.5 Å². The Morgan fingerprint density at radius 3 is 2.81 bits per heavy atom. The van der Waals surface area contributed by atoms with E-state index >= 15 is 0 Å². The summed E-state index contributed by atoms with van der Waals surface area (Å²) in [5.74, 6) is 1.77. The molecular formula is C22H37ClIN5O2. The van der Waals surface area contributed by atoms with Crippen molar-refractivity contribution in [2.75, 3.05) is 71.0 Å². The maximum Gasteiger partial charge on any atom is 0.191 e. The third-order valence-corrected chi connectivity index (χ3v) is 5.85. The number of hydrogen-bond acceptors (Lipinski definition) is 5. The molecule has 2 aliphatic rings. The van der Waals surface area contributed by atoms with Crippen LogP contribution in [0.15, 0.2) is 23.2 Å². The number of aliphatic imine (C=N–C) groups is 1. The number of halogens is 2. The summed E-state index contributed by atoms with van der Waals surface area (Å²) in [5, 5.41) is 7.72. The van der Waals surface area contributed by atoms with Gasteiger partial charge in [-0.05, 0) is 50.9 Å². The second kappa shape index (κ2) is 14.2. The smallest absolute Gasteiger partial charge is 0.191 e. The van der Waals surface area contributed by atoms with Crippen molar-refractivity contribution < 1.29 is 9.47 Å². The SMILES string of the molecule is CCNC(=NCCCCN1CCOCC1)NC1CCN(c2cc(Cl)ccc2OC)C1.I. The van der Waals surface area contributed by atoms with Gasteiger partial charge in [-0.3, -0.25) is 9.89 Å². The van der Waals surface area contributed by atoms with Crippen LogP contribution in [0.5, 0.6) is 5.75 Å². The number of nitrogens with zero attached hydrogens (tertiary/aromatic N) is 3. The molecule has 9 heteroatoms. The van der Waals surface area contributed by atoms with Crippen LogP contribution in [0.3, 0.4) is 0 Å². The first kappa shape index (κ1) is 26.3. The molecule has 1 aromatic rings. The van der Waals surface area contributed by atoms with Crippen molar-refractivity contribution in [2.45, 2.75) is 32.2 Å². The molecule has 2 saturated heterocycles. The van der Waals surface area contributed by atoms with E-state index in [1.807, 2.05) is 18.2 Å². The van der Waals surface area contributed by atoms with Crippen LogP contribution in [0.2, 0.25) is 5.02 Å². The molecule has 0 amide bonds. The Hall–Kier alpha value is -0.970. The molecule has 0 aliphatic carbocycles. The van der Waals surface area contributed by atoms with Crippen LogP contribution in [-0.4, -0.2) is 83.0 Å². The van der Waals surface area contributed by atoms with E-state index in [1.165, 1.54) is 6.42 Å². The van der Waals surface area contributed by atoms with Gasteiger partial charge in [0.15, 0.2) is 5.96 Å². The van der Waals surface area contributed by atoms with Crippen molar-refractivity contribution in [3.05, 3.63) is 23.2 Å². The van der Waals surface area contributed by atoms with E-state index in [9.17, 15) is 0 Å². The lowest BCUT2D eigenvalue weighted by atomic mass is 10.2. The zero-order valence-corrected chi connectivity index (χ0v) is 21.8. The monoisotopic (exact) mass is 565 g/mol. The van der Waals surface area contributed by atoms with E-state index in [0.717, 1.165) is 94.3 Å². The maximum absolute atomic E-state index is 6.21. The van der Waals surface area contributed by atoms with Crippen LogP contribution in [0, 0.1) is 0 Å². The summed E-state index contributed by atoms with van der Waals surface area (Å²) in [6.07, 6.45) is 3.33. The molecule has 1 aromatic carbocycles. The second-order valence-corrected chi connectivity index (χ2v) is 8.25. The Morgan fingerprint density at radius 2 is 2.06 bits per heavy atom. The molecule has 2 aliphatic heterocycles. The summed E-state index contributed by atoms with van der Waals surface area (Å²) >= 11 is 6.21. The predicted octanol–water partition coefficient (Wildman–Crippen LogP) is 3.21. The van der Waals surface area contributed by atoms with Crippen molar-refractivity contribution in [1.29, 1.82) is 0 Å². The lowest BCUT2D eigenvalue weighted by Gasteiger charge is -2.26. The molecule has 176 valence electrons. The molecule has 2 fully saturated rings. The third kappa shape index (κ3) is 8.47. The molecule has 7 nitrogen and oxygen atoms in total. The number of benzene rings is 1. The van der Waals surface area contributed by atoms with Crippen molar-refractivity contribution in [3.63, 3.8) is 0 Å². The van der Waals surface area contributed by atoms with Crippen molar-refractivity contribution >= 4 is 47.2 Å². The lowest BCUT2D eigenvalue weighted by molar-refractivity contribution is 0.0373. The molecule has 0 aromatic heterocycles. The molecule has 0 radical (unpaired) electrons. The quantitative estimate of drug-likeness (QED) is 0.208. The fourth-order valence-corrected chi connectivity index (χ4v) is 4.15. The van der Waals surface area contributed by atoms with E-state index in [2.05, 4.69) is 27.4 Å². The molecule has 1 unspecified atom stereocenters. The number of methoxy groups -OCH3 is 1. The summed E-state index contributed by atoms with van der Waals surface area (Å²) in [5.41, 5.74) is 1.05. The van der Waals surface area contributed by atoms with Gasteiger partial charge in [0.2, 0.25) is 0 Å². The van der Waals surface area contributed by atoms with Crippen LogP contribution in [0.1, 0.15) is 26.2 Å². The predicted molar refractivity (Wildman–Crippen MR) is 140 cm³/mol. The molecule has 3 rings (SSSR count). The second-order valence-electron chi connectivity index (χ2n) is 7.81. The van der Waals surface area contributed by atoms with Gasteiger partial charge in [0, 0.05) is 50.3 Å². The summed E-state index contributed by atoms with van der Waals surface area (Å²) in [6.45, 7) is 10.7. The van der Waals surface area contributed by atoms with Gasteiger partial charge in [0.05, 0.1) is 26.0 Å². The number of unbranched alkanes of at least 4 members (excludes halogenated alkanes) is 1. The van der Waals surface area contributed by atoms with Crippen LogP contribution < -0.4 is 20.3 Å². The largest absolute Gasteiger partial charge is 0.495 e. The number of hydrogen-bond donors (Lipinski definition) is 2. The first-order valence-corrected chi connectivity index (χ1v) is 11.5. The highest BCUT2D eigenvalue weighted by molar-refractivity contribution is 14.0. The number of anilines is 1. The van der Waals surface area contributed by atoms with Gasteiger partial charge in [0.25, 0.3) is 0 Å². The minimum Gasteiger partial charge on any atom is -0.495 e. The van der Waals surface area contributed by atoms with Crippen LogP contribution in [-0.2, 0) is 4.74 Å². The molecule has 0 spiro atoms. The Bertz CT molecular complexity index is 688. The van der Waals surface area contributed by atoms with Gasteiger partial charge in [-0.2, -0.15) is 0 Å². The summed E-state index contributed by atoms with van der Waals surface area (Å²) < 4.78 is 10.9. The maximum atomic E-state index is 6.21. The Morgan fingerprint density at radius 1 is 1.26 bits per heavy atom. The summed E-state index contributed by atoms with van der Waals surface area (Å²) in [7, 11) is 1.70. The van der Waals surface area contributed by atoms with Crippen molar-refractivity contribution in [2.24, 2.45) is 4.99 Å². The van der Waals surface area contributed by atoms with E-state index in [-0.39, 0.29) is 24.0 Å². The zero-order valence-electron chi connectivity index (χ0n) is 18.7. The van der Waals surface area contributed by atoms with E-state index in [1.54, 1.807) is 7.11 Å². The first-order valence-electron chi connectivity index (χ1n) is 11.1. The van der Waals surface area contributed by atoms with Gasteiger partial charge >= 0.3 is 0 Å². The average Bonchev–Trinajstić information content (AvgIpc) is 3.22. The van der Waals surface area contributed by atoms with Gasteiger partial charge in [-0.15, -0.1) is 24.0 Å². The molecule has 0 bridgehead atoms. The summed E-state index contributed by atoms with van der Waals surface area (Å²) in [6, 6.07) is 6.13. The van der Waals surface area contributed by atoms with E-state index in [4.69, 9.17) is 26.1 Å². The normalized spacial score (nSPS) is 19.8. The number of guanidine groups is 1. The number of nitrogens with one attached hydrogen (secondary N) is 2. The molecule has 1 atom stereocenters. The van der Waals surface area contributed by atoms with Crippen LogP contribution in [0.25, 0.3) is 0 Å². The fourth-order valence-electron chi connectivity index (χ4n) is 3.98. The Kier molecular flexibility index (Phi) is 12.1. The van der Waals surface area contributed by atoms with Gasteiger partial charge in [-0.1, -0.05) is 11.6 Å². The molecule has 2 N–H and O–H groups in total. The Labute approximate surface area is 208 Å². The van der Waals surface area contributed by atoms with Gasteiger partial charge in [-0.25, -0.2) is 0 Å². The summed E-state index contributed by atoms with van der Waals surface area (Å²) in [4.78, 5) is 9.60. The number of ether oxygens (including phenoxy) is 2. The fraction of sp³-hybridized carbons (Fsp3) is 0.682. The van der Waals surface area contributed by atoms with Gasteiger partial charge in [0.1, 0.15) is 5.75 Å². The average molecular weight is 566 g/mol. The third-order valence-electron chi connectivity index (χ3n) is 5.61. The standard InChI is InChI=1S/C22H36ClN5O2.HI/c1-3-24-22(25-9-4-5-10-27-12-14-30-15-13-27)26-19-8-11-28(17-19)20-16-18(23)6-7-21(20)29-2;/h6-7,16,19H,3-5,8-15,17H2,1-2H3,(H2,24,25,26);1H. The van der Waals surface area contributed by atoms with E-state index < -0.39 is 0 Å². The van der Waals surface area contributed by atoms with Crippen LogP contribution >= 0.6 is 35.6 Å². The molecule has 0 saturated carbocycles. The number of morpholine rings is 1. The minimum atomic E-state index is 0. The van der Waals surface area contributed by atoms with Crippen molar-refractivity contribution in [3.8, 4) is 5.75 Å². The van der Waals surface area contributed by atoms with E-state index in [0.29, 0.717) is 6.04 Å². The first-order chi connectivity index (χ1) is 14.7. The van der Waals surface area contributed by atoms with Crippen LogP contribution in [0.4, 0.5) is 5.69 Å². The Balaban J connectivity index is 0.00000341. The highest BCUT2D eigenvalue weighted by Crippen LogP contribution is 2.33. The lowest BCUT2D eigenvalue weighted by Crippen LogP contribution is -2.44. The highest BCUT2D eigenvalue weighted by Gasteiger charge is 2.25. The number of rotatable bonds is 9. The molecule has 2 heterocycles. The highest BCUT2D eigenvalue weighted by atomic mass is 127. The molecular weight excluding hydrogens is 529 g/mol. The minimum absolute atomic E-state index is 0. The topological polar surface area (TPSA) is 61.4 Å². The van der Waals surface area contributed by atoms with Gasteiger partial charge < -0.3 is 25.0 Å². The zero-order chi connectivity index (χ0) is 21.2. The molecule has 31 heavy (non-hydrogen) atoms.